The molecule has 344 valence electrons. The Hall–Kier alpha value is -5.23. The smallest absolute Gasteiger partial charge is 0.409 e. The summed E-state index contributed by atoms with van der Waals surface area (Å²) in [4.78, 5) is 49.7. The Morgan fingerprint density at radius 1 is 0.646 bits per heavy atom. The molecule has 4 heterocycles. The van der Waals surface area contributed by atoms with E-state index in [1.165, 1.54) is 16.7 Å². The molecule has 1 N–H and O–H groups in total. The van der Waals surface area contributed by atoms with Gasteiger partial charge in [0, 0.05) is 73.5 Å². The van der Waals surface area contributed by atoms with E-state index in [-0.39, 0.29) is 36.6 Å². The quantitative estimate of drug-likeness (QED) is 0.115. The predicted molar refractivity (Wildman–Crippen MR) is 256 cm³/mol. The molecule has 4 aromatic rings. The number of esters is 1. The van der Waals surface area contributed by atoms with E-state index in [1.54, 1.807) is 4.90 Å². The highest BCUT2D eigenvalue weighted by atomic mass is 35.5. The molecule has 2 aromatic heterocycles. The molecule has 2 aliphatic carbocycles. The van der Waals surface area contributed by atoms with Crippen LogP contribution in [0.3, 0.4) is 0 Å². The number of piperidine rings is 2. The summed E-state index contributed by atoms with van der Waals surface area (Å²) in [6.45, 7) is 9.49. The molecule has 4 aliphatic rings. The predicted octanol–water partition coefficient (Wildman–Crippen LogP) is 11.3. The summed E-state index contributed by atoms with van der Waals surface area (Å²) in [5.74, 6) is 0.687. The van der Waals surface area contributed by atoms with Gasteiger partial charge in [0.2, 0.25) is 0 Å². The molecule has 0 saturated carbocycles. The maximum absolute atomic E-state index is 12.2. The maximum atomic E-state index is 12.2. The van der Waals surface area contributed by atoms with E-state index in [0.29, 0.717) is 87.1 Å². The Morgan fingerprint density at radius 3 is 1.52 bits per heavy atom. The Bertz CT molecular complexity index is 2370. The first-order valence-corrected chi connectivity index (χ1v) is 23.9. The van der Waals surface area contributed by atoms with Crippen molar-refractivity contribution in [3.05, 3.63) is 128 Å². The van der Waals surface area contributed by atoms with E-state index in [4.69, 9.17) is 47.4 Å². The lowest BCUT2D eigenvalue weighted by Crippen LogP contribution is -2.40. The summed E-state index contributed by atoms with van der Waals surface area (Å²) in [6, 6.07) is 20.3. The van der Waals surface area contributed by atoms with Crippen molar-refractivity contribution in [3.8, 4) is 0 Å². The van der Waals surface area contributed by atoms with E-state index in [0.717, 1.165) is 71.3 Å². The van der Waals surface area contributed by atoms with Crippen molar-refractivity contribution in [3.63, 3.8) is 0 Å². The first-order valence-electron chi connectivity index (χ1n) is 23.1. The van der Waals surface area contributed by atoms with Crippen LogP contribution in [0.2, 0.25) is 10.0 Å². The van der Waals surface area contributed by atoms with Crippen molar-refractivity contribution >= 4 is 64.7 Å². The molecule has 13 heteroatoms. The standard InChI is InChI=1S/C27H31ClN2O4.C25H29ClN2O3/c1-3-33-24(31)10-7-19-16-20-6-5-13-29-26(20)25(22-9-8-21(28)17-23(19)22)18-11-14-30(15-12-18)27(32)34-4-2;1-2-31-25(30)28-12-9-17(10-13-28)23-21-8-7-20(26)16-22(21)18(6-4-14-29)15-19-5-3-11-27-24(19)23/h5-6,8-9,13,16-18,25H,3-4,7,10-12,14-15H2,1-2H3;3,5,7-8,11,15-17,23,29H,2,4,6,9-10,12-14H2,1H3. The lowest BCUT2D eigenvalue weighted by Gasteiger charge is -2.36. The third-order valence-electron chi connectivity index (χ3n) is 13.0. The number of pyridine rings is 2. The van der Waals surface area contributed by atoms with Gasteiger partial charge >= 0.3 is 18.2 Å². The summed E-state index contributed by atoms with van der Waals surface area (Å²) in [6.07, 6.45) is 13.5. The number of nitrogens with zero attached hydrogens (tertiary/aromatic N) is 4. The molecule has 2 aromatic carbocycles. The van der Waals surface area contributed by atoms with Gasteiger partial charge in [-0.2, -0.15) is 0 Å². The molecule has 2 unspecified atom stereocenters. The number of rotatable bonds is 11. The van der Waals surface area contributed by atoms with Crippen LogP contribution in [-0.4, -0.2) is 95.6 Å². The lowest BCUT2D eigenvalue weighted by molar-refractivity contribution is -0.142. The molecule has 2 aliphatic heterocycles. The normalized spacial score (nSPS) is 18.2. The Kier molecular flexibility index (Phi) is 16.7. The second-order valence-electron chi connectivity index (χ2n) is 16.9. The number of aliphatic hydroxyl groups is 1. The zero-order valence-corrected chi connectivity index (χ0v) is 39.2. The van der Waals surface area contributed by atoms with Gasteiger partial charge in [0.15, 0.2) is 0 Å². The molecular formula is C52H60Cl2N4O7. The zero-order chi connectivity index (χ0) is 45.9. The van der Waals surface area contributed by atoms with Gasteiger partial charge in [-0.3, -0.25) is 14.8 Å². The largest absolute Gasteiger partial charge is 0.466 e. The van der Waals surface area contributed by atoms with Gasteiger partial charge in [-0.15, -0.1) is 0 Å². The van der Waals surface area contributed by atoms with Crippen LogP contribution in [0.25, 0.3) is 23.3 Å². The molecule has 11 nitrogen and oxygen atoms in total. The SMILES string of the molecule is CCOC(=O)CCC1=Cc2cccnc2C(C2CCN(C(=O)OCC)CC2)c2ccc(Cl)cc21.CCOC(=O)N1CCC(C2c3ccc(Cl)cc3C(CCCO)=Cc3cccnc32)CC1. The molecule has 8 rings (SSSR count). The van der Waals surface area contributed by atoms with Crippen LogP contribution < -0.4 is 0 Å². The first kappa shape index (κ1) is 47.7. The van der Waals surface area contributed by atoms with Crippen LogP contribution in [-0.2, 0) is 19.0 Å². The van der Waals surface area contributed by atoms with Crippen LogP contribution in [0, 0.1) is 11.8 Å². The fourth-order valence-electron chi connectivity index (χ4n) is 9.97. The van der Waals surface area contributed by atoms with Crippen LogP contribution in [0.4, 0.5) is 9.59 Å². The third kappa shape index (κ3) is 11.4. The van der Waals surface area contributed by atoms with Crippen molar-refractivity contribution in [2.24, 2.45) is 11.8 Å². The Morgan fingerprint density at radius 2 is 1.09 bits per heavy atom. The van der Waals surface area contributed by atoms with Gasteiger partial charge in [0.05, 0.1) is 31.2 Å². The second kappa shape index (κ2) is 22.8. The fraction of sp³-hybridized carbons (Fsp3) is 0.442. The maximum Gasteiger partial charge on any atom is 0.409 e. The summed E-state index contributed by atoms with van der Waals surface area (Å²) in [5.41, 5.74) is 11.2. The molecule has 65 heavy (non-hydrogen) atoms. The third-order valence-corrected chi connectivity index (χ3v) is 13.4. The minimum absolute atomic E-state index is 0.0733. The van der Waals surface area contributed by atoms with Gasteiger partial charge in [-0.1, -0.05) is 47.5 Å². The van der Waals surface area contributed by atoms with Crippen LogP contribution in [0.5, 0.6) is 0 Å². The number of aliphatic hydroxyl groups excluding tert-OH is 1. The van der Waals surface area contributed by atoms with Gasteiger partial charge < -0.3 is 29.1 Å². The topological polar surface area (TPSA) is 131 Å². The highest BCUT2D eigenvalue weighted by molar-refractivity contribution is 6.31. The number of amides is 2. The number of hydrogen-bond donors (Lipinski definition) is 1. The zero-order valence-electron chi connectivity index (χ0n) is 37.6. The van der Waals surface area contributed by atoms with Crippen LogP contribution >= 0.6 is 23.2 Å². The van der Waals surface area contributed by atoms with E-state index < -0.39 is 0 Å². The Labute approximate surface area is 392 Å². The molecule has 0 radical (unpaired) electrons. The van der Waals surface area contributed by atoms with E-state index in [1.807, 2.05) is 74.5 Å². The van der Waals surface area contributed by atoms with Crippen LogP contribution in [0.15, 0.2) is 73.1 Å². The molecular weight excluding hydrogens is 863 g/mol. The van der Waals surface area contributed by atoms with Crippen molar-refractivity contribution < 1.29 is 33.7 Å². The van der Waals surface area contributed by atoms with Gasteiger partial charge in [0.25, 0.3) is 0 Å². The molecule has 0 bridgehead atoms. The molecule has 2 amide bonds. The summed E-state index contributed by atoms with van der Waals surface area (Å²) >= 11 is 12.9. The van der Waals surface area contributed by atoms with Crippen molar-refractivity contribution in [2.75, 3.05) is 52.6 Å². The summed E-state index contributed by atoms with van der Waals surface area (Å²) in [5, 5.41) is 10.8. The average molecular weight is 924 g/mol. The number of carbonyl (C=O) groups is 3. The molecule has 2 saturated heterocycles. The average Bonchev–Trinajstić information content (AvgIpc) is 3.54. The summed E-state index contributed by atoms with van der Waals surface area (Å²) in [7, 11) is 0. The number of carbonyl (C=O) groups excluding carboxylic acids is 3. The number of fused-ring (bicyclic) bond motifs is 4. The number of aromatic nitrogens is 2. The number of likely N-dealkylation sites (tertiary alicyclic amines) is 2. The van der Waals surface area contributed by atoms with E-state index >= 15 is 0 Å². The summed E-state index contributed by atoms with van der Waals surface area (Å²) < 4.78 is 15.6. The van der Waals surface area contributed by atoms with Gasteiger partial charge in [-0.05, 0) is 171 Å². The number of halogens is 2. The van der Waals surface area contributed by atoms with E-state index in [9.17, 15) is 19.5 Å². The van der Waals surface area contributed by atoms with Crippen LogP contribution in [0.1, 0.15) is 129 Å². The van der Waals surface area contributed by atoms with Crippen molar-refractivity contribution in [1.82, 2.24) is 19.8 Å². The number of ether oxygens (including phenoxy) is 3. The van der Waals surface area contributed by atoms with Gasteiger partial charge in [0.1, 0.15) is 0 Å². The number of benzene rings is 2. The number of hydrogen-bond acceptors (Lipinski definition) is 9. The molecule has 2 fully saturated rings. The van der Waals surface area contributed by atoms with Gasteiger partial charge in [-0.25, -0.2) is 9.59 Å². The minimum atomic E-state index is -0.240. The Balaban J connectivity index is 0.000000195. The van der Waals surface area contributed by atoms with Crippen molar-refractivity contribution in [2.45, 2.75) is 84.0 Å². The fourth-order valence-corrected chi connectivity index (χ4v) is 10.3. The van der Waals surface area contributed by atoms with E-state index in [2.05, 4.69) is 36.4 Å². The lowest BCUT2D eigenvalue weighted by atomic mass is 9.76. The first-order chi connectivity index (χ1) is 31.6. The highest BCUT2D eigenvalue weighted by Crippen LogP contribution is 2.47. The minimum Gasteiger partial charge on any atom is -0.466 e. The second-order valence-corrected chi connectivity index (χ2v) is 17.8. The van der Waals surface area contributed by atoms with Crippen molar-refractivity contribution in [1.29, 1.82) is 0 Å². The molecule has 0 spiro atoms. The monoisotopic (exact) mass is 922 g/mol. The molecule has 2 atom stereocenters. The highest BCUT2D eigenvalue weighted by Gasteiger charge is 2.37. The number of allylic oxidation sites excluding steroid dienone is 2.